The molecule has 0 spiro atoms. The van der Waals surface area contributed by atoms with E-state index in [1.165, 1.54) is 38.5 Å². The van der Waals surface area contributed by atoms with E-state index in [1.807, 2.05) is 60.5 Å². The molecule has 0 aromatic heterocycles. The molecule has 15 nitrogen and oxygen atoms in total. The minimum absolute atomic E-state index is 0.0101. The van der Waals surface area contributed by atoms with Gasteiger partial charge >= 0.3 is 0 Å². The maximum Gasteiger partial charge on any atom is 0.269 e. The molecule has 10 atom stereocenters. The zero-order valence-electron chi connectivity index (χ0n) is 35.3. The fraction of sp³-hybridized carbons (Fsp3) is 0.750. The molecular formula is C40H68N6O9. The molecular weight excluding hydrogens is 708 g/mol. The fourth-order valence-corrected chi connectivity index (χ4v) is 7.93. The van der Waals surface area contributed by atoms with Crippen molar-refractivity contribution >= 4 is 29.3 Å². The summed E-state index contributed by atoms with van der Waals surface area (Å²) < 4.78 is 11.9. The van der Waals surface area contributed by atoms with Crippen LogP contribution < -0.4 is 10.6 Å². The van der Waals surface area contributed by atoms with Gasteiger partial charge in [0.25, 0.3) is 5.69 Å². The van der Waals surface area contributed by atoms with E-state index in [0.717, 1.165) is 0 Å². The summed E-state index contributed by atoms with van der Waals surface area (Å²) in [6, 6.07) is 2.71. The lowest BCUT2D eigenvalue weighted by atomic mass is 9.89. The standard InChI is InChI=1S/C40H68N6O9/c1-14-25(6)35(44(11)40(51)33(23(2)3)42-39(50)34(24(4)5)43(9)10)31(54-12)22-32(47)45-21-15-16-30(45)37(55-13)26(7)38(49)41-27(8)36(48)28-17-19-29(20-18-28)46(52)53/h17-20,23-27,30-31,33-37,48H,14-16,21-22H2,1-13H3,(H,41,49)(H,42,50)/t25-,26+,27+,30-,31+,33-,34-,35?,36?,37+/m0/s1. The number of nitrogens with zero attached hydrogens (tertiary/aromatic N) is 4. The number of aliphatic hydroxyl groups is 1. The molecule has 0 aliphatic carbocycles. The first kappa shape index (κ1) is 47.5. The zero-order chi connectivity index (χ0) is 41.9. The van der Waals surface area contributed by atoms with Crippen LogP contribution in [0.4, 0.5) is 5.69 Å². The van der Waals surface area contributed by atoms with E-state index < -0.39 is 59.4 Å². The van der Waals surface area contributed by atoms with Gasteiger partial charge in [0, 0.05) is 39.9 Å². The molecule has 0 radical (unpaired) electrons. The van der Waals surface area contributed by atoms with Crippen molar-refractivity contribution in [2.75, 3.05) is 41.9 Å². The molecule has 2 rings (SSSR count). The van der Waals surface area contributed by atoms with Gasteiger partial charge in [-0.3, -0.25) is 34.2 Å². The van der Waals surface area contributed by atoms with Crippen molar-refractivity contribution in [2.45, 2.75) is 130 Å². The summed E-state index contributed by atoms with van der Waals surface area (Å²) in [7, 11) is 8.44. The van der Waals surface area contributed by atoms with Gasteiger partial charge in [0.1, 0.15) is 6.04 Å². The molecule has 1 fully saturated rings. The number of nitro benzene ring substituents is 1. The average molecular weight is 777 g/mol. The lowest BCUT2D eigenvalue weighted by molar-refractivity contribution is -0.384. The molecule has 15 heteroatoms. The van der Waals surface area contributed by atoms with Gasteiger partial charge in [-0.15, -0.1) is 0 Å². The van der Waals surface area contributed by atoms with Crippen molar-refractivity contribution < 1.29 is 38.7 Å². The van der Waals surface area contributed by atoms with Gasteiger partial charge < -0.3 is 35.0 Å². The zero-order valence-corrected chi connectivity index (χ0v) is 35.3. The Balaban J connectivity index is 2.25. The van der Waals surface area contributed by atoms with Crippen LogP contribution in [0, 0.1) is 33.8 Å². The third-order valence-electron chi connectivity index (χ3n) is 11.2. The van der Waals surface area contributed by atoms with Crippen LogP contribution in [-0.4, -0.2) is 133 Å². The second kappa shape index (κ2) is 21.6. The molecule has 55 heavy (non-hydrogen) atoms. The van der Waals surface area contributed by atoms with E-state index in [-0.39, 0.29) is 53.5 Å². The first-order valence-electron chi connectivity index (χ1n) is 19.5. The van der Waals surface area contributed by atoms with Crippen LogP contribution in [0.3, 0.4) is 0 Å². The summed E-state index contributed by atoms with van der Waals surface area (Å²) in [5.41, 5.74) is 0.319. The third-order valence-corrected chi connectivity index (χ3v) is 11.2. The number of carbonyl (C=O) groups excluding carboxylic acids is 4. The van der Waals surface area contributed by atoms with Crippen molar-refractivity contribution in [2.24, 2.45) is 23.7 Å². The van der Waals surface area contributed by atoms with Gasteiger partial charge in [-0.25, -0.2) is 0 Å². The largest absolute Gasteiger partial charge is 0.386 e. The Morgan fingerprint density at radius 3 is 2.02 bits per heavy atom. The SMILES string of the molecule is CC[C@H](C)C([C@@H](CC(=O)N1CCC[C@H]1[C@H](OC)[C@@H](C)C(=O)N[C@H](C)C(O)c1ccc([N+](=O)[O-])cc1)OC)N(C)C(=O)[C@@H](NC(=O)[C@H](C(C)C)N(C)C)C(C)C. The highest BCUT2D eigenvalue weighted by Crippen LogP contribution is 2.30. The number of ether oxygens (including phenoxy) is 2. The summed E-state index contributed by atoms with van der Waals surface area (Å²) in [6.45, 7) is 15.6. The Bertz CT molecular complexity index is 1420. The lowest BCUT2D eigenvalue weighted by Crippen LogP contribution is -2.59. The normalized spacial score (nSPS) is 19.6. The van der Waals surface area contributed by atoms with Crippen LogP contribution in [0.5, 0.6) is 0 Å². The Morgan fingerprint density at radius 2 is 1.55 bits per heavy atom. The molecule has 1 aliphatic rings. The summed E-state index contributed by atoms with van der Waals surface area (Å²) in [4.78, 5) is 71.1. The molecule has 0 bridgehead atoms. The Hall–Kier alpha value is -3.66. The number of amides is 4. The van der Waals surface area contributed by atoms with Gasteiger partial charge in [0.2, 0.25) is 23.6 Å². The first-order valence-corrected chi connectivity index (χ1v) is 19.5. The molecule has 1 heterocycles. The molecule has 1 saturated heterocycles. The second-order valence-corrected chi connectivity index (χ2v) is 16.1. The van der Waals surface area contributed by atoms with Crippen molar-refractivity contribution in [3.63, 3.8) is 0 Å². The highest BCUT2D eigenvalue weighted by atomic mass is 16.6. The van der Waals surface area contributed by atoms with E-state index in [4.69, 9.17) is 9.47 Å². The van der Waals surface area contributed by atoms with E-state index in [0.29, 0.717) is 31.4 Å². The predicted molar refractivity (Wildman–Crippen MR) is 211 cm³/mol. The van der Waals surface area contributed by atoms with E-state index in [1.54, 1.807) is 30.7 Å². The van der Waals surface area contributed by atoms with Crippen LogP contribution >= 0.6 is 0 Å². The number of carbonyl (C=O) groups is 4. The maximum atomic E-state index is 14.2. The Morgan fingerprint density at radius 1 is 0.945 bits per heavy atom. The van der Waals surface area contributed by atoms with Gasteiger partial charge in [-0.2, -0.15) is 0 Å². The number of hydrogen-bond acceptors (Lipinski definition) is 10. The maximum absolute atomic E-state index is 14.2. The van der Waals surface area contributed by atoms with Crippen molar-refractivity contribution in [3.8, 4) is 0 Å². The van der Waals surface area contributed by atoms with Crippen molar-refractivity contribution in [3.05, 3.63) is 39.9 Å². The number of methoxy groups -OCH3 is 2. The van der Waals surface area contributed by atoms with Gasteiger partial charge in [0.05, 0.1) is 59.7 Å². The number of likely N-dealkylation sites (tertiary alicyclic amines) is 1. The molecule has 4 amide bonds. The minimum Gasteiger partial charge on any atom is -0.386 e. The highest BCUT2D eigenvalue weighted by Gasteiger charge is 2.43. The van der Waals surface area contributed by atoms with Crippen LogP contribution in [0.15, 0.2) is 24.3 Å². The fourth-order valence-electron chi connectivity index (χ4n) is 7.93. The number of aliphatic hydroxyl groups excluding tert-OH is 1. The number of non-ortho nitro benzene ring substituents is 1. The molecule has 1 aromatic rings. The van der Waals surface area contributed by atoms with Crippen LogP contribution in [0.2, 0.25) is 0 Å². The quantitative estimate of drug-likeness (QED) is 0.123. The molecule has 3 N–H and O–H groups in total. The Kier molecular flexibility index (Phi) is 18.6. The van der Waals surface area contributed by atoms with Crippen LogP contribution in [0.1, 0.15) is 92.7 Å². The lowest BCUT2D eigenvalue weighted by Gasteiger charge is -2.41. The first-order chi connectivity index (χ1) is 25.7. The molecule has 1 aromatic carbocycles. The van der Waals surface area contributed by atoms with Crippen LogP contribution in [0.25, 0.3) is 0 Å². The number of nitro groups is 1. The summed E-state index contributed by atoms with van der Waals surface area (Å²) in [5, 5.41) is 27.8. The molecule has 2 unspecified atom stereocenters. The van der Waals surface area contributed by atoms with Gasteiger partial charge in [-0.1, -0.05) is 54.9 Å². The number of rotatable bonds is 21. The number of hydrogen-bond donors (Lipinski definition) is 3. The molecule has 312 valence electrons. The minimum atomic E-state index is -1.11. The summed E-state index contributed by atoms with van der Waals surface area (Å²) in [5.74, 6) is -1.94. The Labute approximate surface area is 328 Å². The smallest absolute Gasteiger partial charge is 0.269 e. The number of likely N-dealkylation sites (N-methyl/N-ethyl adjacent to an activating group) is 2. The monoisotopic (exact) mass is 777 g/mol. The van der Waals surface area contributed by atoms with Gasteiger partial charge in [-0.05, 0) is 69.3 Å². The second-order valence-electron chi connectivity index (χ2n) is 16.1. The topological polar surface area (TPSA) is 184 Å². The van der Waals surface area contributed by atoms with Crippen molar-refractivity contribution in [1.29, 1.82) is 0 Å². The van der Waals surface area contributed by atoms with E-state index in [2.05, 4.69) is 10.6 Å². The van der Waals surface area contributed by atoms with E-state index in [9.17, 15) is 34.4 Å². The third kappa shape index (κ3) is 12.2. The molecule has 0 saturated carbocycles. The summed E-state index contributed by atoms with van der Waals surface area (Å²) in [6.07, 6.45) is -0.387. The number of nitrogens with one attached hydrogen (secondary N) is 2. The van der Waals surface area contributed by atoms with Crippen LogP contribution in [-0.2, 0) is 28.7 Å². The number of benzene rings is 1. The predicted octanol–water partition coefficient (Wildman–Crippen LogP) is 3.78. The van der Waals surface area contributed by atoms with E-state index >= 15 is 0 Å². The molecule has 1 aliphatic heterocycles. The average Bonchev–Trinajstić information content (AvgIpc) is 3.62. The summed E-state index contributed by atoms with van der Waals surface area (Å²) >= 11 is 0. The van der Waals surface area contributed by atoms with Crippen molar-refractivity contribution in [1.82, 2.24) is 25.3 Å². The van der Waals surface area contributed by atoms with Gasteiger partial charge in [0.15, 0.2) is 0 Å². The highest BCUT2D eigenvalue weighted by molar-refractivity contribution is 5.90.